The molecule has 1 amide bonds. The molecule has 0 fully saturated rings. The van der Waals surface area contributed by atoms with Gasteiger partial charge in [-0.15, -0.1) is 0 Å². The normalized spacial score (nSPS) is 10.4. The molecule has 28 heavy (non-hydrogen) atoms. The van der Waals surface area contributed by atoms with E-state index in [1.54, 1.807) is 24.3 Å². The van der Waals surface area contributed by atoms with Crippen LogP contribution in [0.2, 0.25) is 5.02 Å². The van der Waals surface area contributed by atoms with Crippen molar-refractivity contribution < 1.29 is 19.4 Å². The first-order valence-electron chi connectivity index (χ1n) is 8.80. The molecule has 6 heteroatoms. The number of phenolic OH excluding ortho intramolecular Hbond substituents is 1. The fraction of sp³-hybridized carbons (Fsp3) is 0.136. The molecule has 0 aromatic heterocycles. The molecule has 0 heterocycles. The summed E-state index contributed by atoms with van der Waals surface area (Å²) in [6.07, 6.45) is 0. The molecule has 0 aliphatic rings. The van der Waals surface area contributed by atoms with Crippen LogP contribution in [0.3, 0.4) is 0 Å². The zero-order chi connectivity index (χ0) is 19.9. The maximum absolute atomic E-state index is 12.6. The van der Waals surface area contributed by atoms with Crippen molar-refractivity contribution >= 4 is 23.2 Å². The molecule has 0 radical (unpaired) electrons. The van der Waals surface area contributed by atoms with Crippen LogP contribution in [0.1, 0.15) is 22.8 Å². The maximum atomic E-state index is 12.6. The summed E-state index contributed by atoms with van der Waals surface area (Å²) in [5.41, 5.74) is 1.89. The zero-order valence-corrected chi connectivity index (χ0v) is 16.1. The Labute approximate surface area is 168 Å². The minimum atomic E-state index is -0.344. The third kappa shape index (κ3) is 4.96. The number of anilines is 1. The standard InChI is InChI=1S/C22H20ClNO4/c1-2-27-20-13-16(22(26)24-17-8-10-18(25)11-9-17)12-19(23)21(20)28-14-15-6-4-3-5-7-15/h3-13,25H,2,14H2,1H3,(H,24,26). The number of hydrogen-bond donors (Lipinski definition) is 2. The van der Waals surface area contributed by atoms with E-state index >= 15 is 0 Å². The quantitative estimate of drug-likeness (QED) is 0.532. The molecule has 0 saturated carbocycles. The molecule has 5 nitrogen and oxygen atoms in total. The lowest BCUT2D eigenvalue weighted by Crippen LogP contribution is -2.12. The van der Waals surface area contributed by atoms with E-state index < -0.39 is 0 Å². The summed E-state index contributed by atoms with van der Waals surface area (Å²) in [6.45, 7) is 2.58. The molecule has 0 bridgehead atoms. The van der Waals surface area contributed by atoms with Crippen LogP contribution in [-0.2, 0) is 6.61 Å². The SMILES string of the molecule is CCOc1cc(C(=O)Nc2ccc(O)cc2)cc(Cl)c1OCc1ccccc1. The summed E-state index contributed by atoms with van der Waals surface area (Å²) in [7, 11) is 0. The molecular weight excluding hydrogens is 378 g/mol. The number of phenols is 1. The van der Waals surface area contributed by atoms with Crippen LogP contribution >= 0.6 is 11.6 Å². The van der Waals surface area contributed by atoms with Crippen LogP contribution in [-0.4, -0.2) is 17.6 Å². The number of hydrogen-bond acceptors (Lipinski definition) is 4. The van der Waals surface area contributed by atoms with Crippen molar-refractivity contribution in [2.45, 2.75) is 13.5 Å². The molecule has 3 aromatic rings. The summed E-state index contributed by atoms with van der Waals surface area (Å²) in [5, 5.41) is 12.4. The lowest BCUT2D eigenvalue weighted by atomic mass is 10.1. The summed E-state index contributed by atoms with van der Waals surface area (Å²) in [5.74, 6) is 0.582. The number of ether oxygens (including phenoxy) is 2. The lowest BCUT2D eigenvalue weighted by Gasteiger charge is -2.15. The van der Waals surface area contributed by atoms with Gasteiger partial charge in [0.1, 0.15) is 12.4 Å². The summed E-state index contributed by atoms with van der Waals surface area (Å²) >= 11 is 6.39. The number of rotatable bonds is 7. The van der Waals surface area contributed by atoms with Crippen molar-refractivity contribution in [1.29, 1.82) is 0 Å². The van der Waals surface area contributed by atoms with E-state index in [1.807, 2.05) is 37.3 Å². The molecule has 0 atom stereocenters. The summed E-state index contributed by atoms with van der Waals surface area (Å²) in [4.78, 5) is 12.6. The van der Waals surface area contributed by atoms with Crippen LogP contribution in [0, 0.1) is 0 Å². The number of benzene rings is 3. The van der Waals surface area contributed by atoms with Gasteiger partial charge in [0, 0.05) is 11.3 Å². The molecule has 0 saturated heterocycles. The number of amides is 1. The minimum absolute atomic E-state index is 0.125. The van der Waals surface area contributed by atoms with E-state index in [2.05, 4.69) is 5.32 Å². The van der Waals surface area contributed by atoms with Gasteiger partial charge in [0.05, 0.1) is 11.6 Å². The number of carbonyl (C=O) groups excluding carboxylic acids is 1. The van der Waals surface area contributed by atoms with E-state index in [1.165, 1.54) is 12.1 Å². The average molecular weight is 398 g/mol. The highest BCUT2D eigenvalue weighted by atomic mass is 35.5. The molecule has 0 aliphatic carbocycles. The van der Waals surface area contributed by atoms with E-state index in [9.17, 15) is 9.90 Å². The topological polar surface area (TPSA) is 67.8 Å². The van der Waals surface area contributed by atoms with E-state index in [4.69, 9.17) is 21.1 Å². The van der Waals surface area contributed by atoms with Crippen LogP contribution in [0.4, 0.5) is 5.69 Å². The molecule has 3 aromatic carbocycles. The van der Waals surface area contributed by atoms with Crippen LogP contribution in [0.5, 0.6) is 17.2 Å². The Morgan fingerprint density at radius 3 is 2.43 bits per heavy atom. The van der Waals surface area contributed by atoms with Crippen LogP contribution < -0.4 is 14.8 Å². The van der Waals surface area contributed by atoms with Crippen LogP contribution in [0.15, 0.2) is 66.7 Å². The molecule has 0 spiro atoms. The molecule has 144 valence electrons. The van der Waals surface area contributed by atoms with E-state index in [0.29, 0.717) is 36.0 Å². The maximum Gasteiger partial charge on any atom is 0.255 e. The smallest absolute Gasteiger partial charge is 0.255 e. The highest BCUT2D eigenvalue weighted by molar-refractivity contribution is 6.32. The van der Waals surface area contributed by atoms with Gasteiger partial charge in [0.25, 0.3) is 5.91 Å². The Kier molecular flexibility index (Phi) is 6.40. The highest BCUT2D eigenvalue weighted by Gasteiger charge is 2.17. The van der Waals surface area contributed by atoms with Crippen molar-refractivity contribution in [3.8, 4) is 17.2 Å². The molecule has 0 aliphatic heterocycles. The Morgan fingerprint density at radius 2 is 1.75 bits per heavy atom. The Hall–Kier alpha value is -3.18. The molecule has 3 rings (SSSR count). The number of halogens is 1. The third-order valence-corrected chi connectivity index (χ3v) is 4.20. The van der Waals surface area contributed by atoms with Gasteiger partial charge in [-0.05, 0) is 48.9 Å². The fourth-order valence-corrected chi connectivity index (χ4v) is 2.85. The van der Waals surface area contributed by atoms with Gasteiger partial charge in [-0.2, -0.15) is 0 Å². The summed E-state index contributed by atoms with van der Waals surface area (Å²) in [6, 6.07) is 19.0. The number of nitrogens with one attached hydrogen (secondary N) is 1. The van der Waals surface area contributed by atoms with Gasteiger partial charge in [-0.3, -0.25) is 4.79 Å². The predicted molar refractivity (Wildman–Crippen MR) is 109 cm³/mol. The van der Waals surface area contributed by atoms with Crippen molar-refractivity contribution in [3.05, 3.63) is 82.9 Å². The fourth-order valence-electron chi connectivity index (χ4n) is 2.58. The highest BCUT2D eigenvalue weighted by Crippen LogP contribution is 2.37. The average Bonchev–Trinajstić information content (AvgIpc) is 2.70. The molecule has 0 unspecified atom stereocenters. The Bertz CT molecular complexity index is 943. The monoisotopic (exact) mass is 397 g/mol. The van der Waals surface area contributed by atoms with E-state index in [0.717, 1.165) is 5.56 Å². The van der Waals surface area contributed by atoms with E-state index in [-0.39, 0.29) is 16.7 Å². The van der Waals surface area contributed by atoms with Gasteiger partial charge in [-0.25, -0.2) is 0 Å². The zero-order valence-electron chi connectivity index (χ0n) is 15.3. The summed E-state index contributed by atoms with van der Waals surface area (Å²) < 4.78 is 11.5. The largest absolute Gasteiger partial charge is 0.508 e. The number of aromatic hydroxyl groups is 1. The van der Waals surface area contributed by atoms with Crippen molar-refractivity contribution in [3.63, 3.8) is 0 Å². The van der Waals surface area contributed by atoms with Crippen molar-refractivity contribution in [2.75, 3.05) is 11.9 Å². The van der Waals surface area contributed by atoms with Crippen LogP contribution in [0.25, 0.3) is 0 Å². The minimum Gasteiger partial charge on any atom is -0.508 e. The lowest BCUT2D eigenvalue weighted by molar-refractivity contribution is 0.102. The predicted octanol–water partition coefficient (Wildman–Crippen LogP) is 5.28. The van der Waals surface area contributed by atoms with Gasteiger partial charge >= 0.3 is 0 Å². The second-order valence-corrected chi connectivity index (χ2v) is 6.40. The molecular formula is C22H20ClNO4. The van der Waals surface area contributed by atoms with Gasteiger partial charge in [0.2, 0.25) is 0 Å². The Balaban J connectivity index is 1.81. The van der Waals surface area contributed by atoms with Crippen molar-refractivity contribution in [1.82, 2.24) is 0 Å². The van der Waals surface area contributed by atoms with Gasteiger partial charge in [0.15, 0.2) is 11.5 Å². The van der Waals surface area contributed by atoms with Gasteiger partial charge < -0.3 is 19.9 Å². The number of carbonyl (C=O) groups is 1. The first-order chi connectivity index (χ1) is 13.6. The van der Waals surface area contributed by atoms with Gasteiger partial charge in [-0.1, -0.05) is 41.9 Å². The first kappa shape index (κ1) is 19.6. The second-order valence-electron chi connectivity index (χ2n) is 5.99. The van der Waals surface area contributed by atoms with Crippen molar-refractivity contribution in [2.24, 2.45) is 0 Å². The molecule has 2 N–H and O–H groups in total. The second kappa shape index (κ2) is 9.15. The third-order valence-electron chi connectivity index (χ3n) is 3.92. The Morgan fingerprint density at radius 1 is 1.04 bits per heavy atom. The first-order valence-corrected chi connectivity index (χ1v) is 9.18.